The zero-order valence-electron chi connectivity index (χ0n) is 7.19. The van der Waals surface area contributed by atoms with E-state index in [2.05, 4.69) is 18.8 Å². The van der Waals surface area contributed by atoms with Gasteiger partial charge in [0.15, 0.2) is 0 Å². The number of nitrogens with zero attached hydrogens (tertiary/aromatic N) is 2. The van der Waals surface area contributed by atoms with E-state index in [0.29, 0.717) is 12.3 Å². The van der Waals surface area contributed by atoms with Crippen molar-refractivity contribution in [3.8, 4) is 0 Å². The van der Waals surface area contributed by atoms with Gasteiger partial charge in [-0.05, 0) is 19.9 Å². The van der Waals surface area contributed by atoms with Crippen molar-refractivity contribution in [3.05, 3.63) is 12.3 Å². The Labute approximate surface area is 67.4 Å². The molecule has 3 nitrogen and oxygen atoms in total. The van der Waals surface area contributed by atoms with E-state index >= 15 is 0 Å². The molecule has 0 spiro atoms. The van der Waals surface area contributed by atoms with Gasteiger partial charge >= 0.3 is 0 Å². The summed E-state index contributed by atoms with van der Waals surface area (Å²) in [4.78, 5) is 15.6. The molecule has 0 saturated carbocycles. The van der Waals surface area contributed by atoms with E-state index in [1.165, 1.54) is 12.3 Å². The molecule has 0 unspecified atom stereocenters. The second-order valence-corrected chi connectivity index (χ2v) is 2.50. The van der Waals surface area contributed by atoms with Gasteiger partial charge < -0.3 is 4.90 Å². The topological polar surface area (TPSA) is 32.7 Å². The average molecular weight is 154 g/mol. The van der Waals surface area contributed by atoms with E-state index in [1.54, 1.807) is 6.34 Å². The molecule has 11 heavy (non-hydrogen) atoms. The third-order valence-electron chi connectivity index (χ3n) is 1.31. The minimum absolute atomic E-state index is 0.434. The molecule has 0 heterocycles. The number of hydrogen-bond donors (Lipinski definition) is 0. The number of aliphatic imine (C=N–C) groups is 1. The van der Waals surface area contributed by atoms with E-state index < -0.39 is 0 Å². The summed E-state index contributed by atoms with van der Waals surface area (Å²) in [6, 6.07) is 0.434. The summed E-state index contributed by atoms with van der Waals surface area (Å²) >= 11 is 0. The summed E-state index contributed by atoms with van der Waals surface area (Å²) in [7, 11) is 1.93. The Balaban J connectivity index is 3.73. The fraction of sp³-hybridized carbons (Fsp3) is 0.500. The van der Waals surface area contributed by atoms with Gasteiger partial charge in [-0.15, -0.1) is 0 Å². The van der Waals surface area contributed by atoms with Crippen molar-refractivity contribution in [1.82, 2.24) is 4.90 Å². The molecular formula is C8H14N2O. The van der Waals surface area contributed by atoms with E-state index in [0.717, 1.165) is 0 Å². The van der Waals surface area contributed by atoms with Gasteiger partial charge in [0.2, 0.25) is 0 Å². The lowest BCUT2D eigenvalue weighted by atomic mass is 10.4. The molecular weight excluding hydrogens is 140 g/mol. The molecule has 0 fully saturated rings. The fourth-order valence-corrected chi connectivity index (χ4v) is 0.362. The average Bonchev–Trinajstić information content (AvgIpc) is 1.97. The summed E-state index contributed by atoms with van der Waals surface area (Å²) in [6.45, 7) is 4.13. The smallest absolute Gasteiger partial charge is 0.144 e. The van der Waals surface area contributed by atoms with E-state index in [4.69, 9.17) is 0 Å². The van der Waals surface area contributed by atoms with Crippen LogP contribution in [0.5, 0.6) is 0 Å². The molecule has 3 heteroatoms. The minimum atomic E-state index is 0.434. The predicted octanol–water partition coefficient (Wildman–Crippen LogP) is 1.07. The second kappa shape index (κ2) is 5.65. The Morgan fingerprint density at radius 3 is 2.55 bits per heavy atom. The summed E-state index contributed by atoms with van der Waals surface area (Å²) in [5.41, 5.74) is 0. The number of allylic oxidation sites excluding steroid dienone is 1. The molecule has 0 atom stereocenters. The lowest BCUT2D eigenvalue weighted by Gasteiger charge is -2.16. The van der Waals surface area contributed by atoms with Crippen LogP contribution in [0.4, 0.5) is 0 Å². The van der Waals surface area contributed by atoms with Gasteiger partial charge in [0.25, 0.3) is 0 Å². The Morgan fingerprint density at radius 2 is 2.09 bits per heavy atom. The van der Waals surface area contributed by atoms with Crippen LogP contribution in [0.2, 0.25) is 0 Å². The highest BCUT2D eigenvalue weighted by Crippen LogP contribution is 1.88. The maximum Gasteiger partial charge on any atom is 0.144 e. The van der Waals surface area contributed by atoms with Crippen molar-refractivity contribution < 1.29 is 4.79 Å². The zero-order chi connectivity index (χ0) is 8.69. The molecule has 62 valence electrons. The van der Waals surface area contributed by atoms with Crippen molar-refractivity contribution in [2.75, 3.05) is 7.05 Å². The summed E-state index contributed by atoms with van der Waals surface area (Å²) in [5.74, 6) is 0. The SMILES string of the molecule is CC(C)N(C)C=N/C=C\C=O. The Hall–Kier alpha value is -1.12. The first-order valence-electron chi connectivity index (χ1n) is 3.54. The molecule has 0 aromatic rings. The monoisotopic (exact) mass is 154 g/mol. The Kier molecular flexibility index (Phi) is 5.07. The fourth-order valence-electron chi connectivity index (χ4n) is 0.362. The van der Waals surface area contributed by atoms with Gasteiger partial charge in [-0.25, -0.2) is 4.99 Å². The van der Waals surface area contributed by atoms with Crippen molar-refractivity contribution in [2.24, 2.45) is 4.99 Å². The molecule has 0 aliphatic rings. The van der Waals surface area contributed by atoms with Gasteiger partial charge in [-0.2, -0.15) is 0 Å². The summed E-state index contributed by atoms with van der Waals surface area (Å²) in [6.07, 6.45) is 5.20. The number of hydrogen-bond acceptors (Lipinski definition) is 2. The molecule has 0 aliphatic carbocycles. The van der Waals surface area contributed by atoms with Crippen LogP contribution in [0.25, 0.3) is 0 Å². The van der Waals surface area contributed by atoms with Crippen molar-refractivity contribution in [1.29, 1.82) is 0 Å². The number of rotatable bonds is 4. The molecule has 0 radical (unpaired) electrons. The molecule has 0 bridgehead atoms. The number of carbonyl (C=O) groups excluding carboxylic acids is 1. The highest BCUT2D eigenvalue weighted by Gasteiger charge is 1.94. The van der Waals surface area contributed by atoms with Crippen LogP contribution >= 0.6 is 0 Å². The largest absolute Gasteiger partial charge is 0.363 e. The maximum atomic E-state index is 9.81. The van der Waals surface area contributed by atoms with Crippen LogP contribution in [0.15, 0.2) is 17.3 Å². The summed E-state index contributed by atoms with van der Waals surface area (Å²) < 4.78 is 0. The summed E-state index contributed by atoms with van der Waals surface area (Å²) in [5, 5.41) is 0. The van der Waals surface area contributed by atoms with Crippen molar-refractivity contribution >= 4 is 12.6 Å². The molecule has 0 aromatic heterocycles. The first kappa shape index (κ1) is 9.88. The quantitative estimate of drug-likeness (QED) is 0.262. The molecule has 0 rings (SSSR count). The van der Waals surface area contributed by atoms with Crippen LogP contribution in [0.3, 0.4) is 0 Å². The molecule has 0 N–H and O–H groups in total. The standard InChI is InChI=1S/C8H14N2O/c1-8(2)10(3)7-9-5-4-6-11/h4-8H,1-3H3/b5-4-,9-7?. The molecule has 0 amide bonds. The second-order valence-electron chi connectivity index (χ2n) is 2.50. The van der Waals surface area contributed by atoms with Gasteiger partial charge in [0, 0.05) is 19.3 Å². The minimum Gasteiger partial charge on any atom is -0.363 e. The zero-order valence-corrected chi connectivity index (χ0v) is 7.19. The Morgan fingerprint density at radius 1 is 1.45 bits per heavy atom. The van der Waals surface area contributed by atoms with Crippen LogP contribution < -0.4 is 0 Å². The van der Waals surface area contributed by atoms with Gasteiger partial charge in [-0.3, -0.25) is 4.79 Å². The lowest BCUT2D eigenvalue weighted by Crippen LogP contribution is -2.24. The molecule has 0 saturated heterocycles. The number of carbonyl (C=O) groups is 1. The van der Waals surface area contributed by atoms with E-state index in [1.807, 2.05) is 11.9 Å². The highest BCUT2D eigenvalue weighted by molar-refractivity contribution is 5.65. The first-order valence-corrected chi connectivity index (χ1v) is 3.54. The van der Waals surface area contributed by atoms with Crippen LogP contribution in [-0.4, -0.2) is 30.6 Å². The molecule has 0 aromatic carbocycles. The van der Waals surface area contributed by atoms with Crippen LogP contribution in [0.1, 0.15) is 13.8 Å². The van der Waals surface area contributed by atoms with E-state index in [9.17, 15) is 4.79 Å². The van der Waals surface area contributed by atoms with E-state index in [-0.39, 0.29) is 0 Å². The third kappa shape index (κ3) is 5.33. The van der Waals surface area contributed by atoms with Crippen molar-refractivity contribution in [3.63, 3.8) is 0 Å². The van der Waals surface area contributed by atoms with Crippen LogP contribution in [0, 0.1) is 0 Å². The normalized spacial score (nSPS) is 11.6. The maximum absolute atomic E-state index is 9.81. The lowest BCUT2D eigenvalue weighted by molar-refractivity contribution is -0.104. The predicted molar refractivity (Wildman–Crippen MR) is 46.6 cm³/mol. The third-order valence-corrected chi connectivity index (χ3v) is 1.31. The molecule has 0 aliphatic heterocycles. The van der Waals surface area contributed by atoms with Gasteiger partial charge in [0.05, 0.1) is 6.34 Å². The van der Waals surface area contributed by atoms with Crippen molar-refractivity contribution in [2.45, 2.75) is 19.9 Å². The highest BCUT2D eigenvalue weighted by atomic mass is 16.1. The van der Waals surface area contributed by atoms with Gasteiger partial charge in [0.1, 0.15) is 6.29 Å². The first-order chi connectivity index (χ1) is 5.18. The number of aldehydes is 1. The van der Waals surface area contributed by atoms with Gasteiger partial charge in [-0.1, -0.05) is 0 Å². The Bertz CT molecular complexity index is 161. The van der Waals surface area contributed by atoms with Crippen LogP contribution in [-0.2, 0) is 4.79 Å².